The average Bonchev–Trinajstić information content (AvgIpc) is 2.58. The molecular formula is C19H23ClN2O2. The molecule has 128 valence electrons. The van der Waals surface area contributed by atoms with Crippen molar-refractivity contribution in [3.05, 3.63) is 59.1 Å². The molecule has 0 heterocycles. The summed E-state index contributed by atoms with van der Waals surface area (Å²) in [5.41, 5.74) is 1.94. The number of benzene rings is 2. The molecule has 0 spiro atoms. The Kier molecular flexibility index (Phi) is 6.94. The van der Waals surface area contributed by atoms with Gasteiger partial charge in [-0.15, -0.1) is 0 Å². The number of hydrogen-bond donors (Lipinski definition) is 2. The number of rotatable bonds is 8. The Labute approximate surface area is 148 Å². The van der Waals surface area contributed by atoms with Crippen LogP contribution in [-0.4, -0.2) is 19.0 Å². The number of carbonyl (C=O) groups excluding carboxylic acids is 1. The summed E-state index contributed by atoms with van der Waals surface area (Å²) in [6.07, 6.45) is 0. The summed E-state index contributed by atoms with van der Waals surface area (Å²) in [6.45, 7) is 5.57. The first kappa shape index (κ1) is 18.1. The molecule has 0 fully saturated rings. The van der Waals surface area contributed by atoms with Crippen LogP contribution in [-0.2, 0) is 11.4 Å². The summed E-state index contributed by atoms with van der Waals surface area (Å²) < 4.78 is 5.73. The first-order valence-corrected chi connectivity index (χ1v) is 8.38. The monoisotopic (exact) mass is 346 g/mol. The highest BCUT2D eigenvalue weighted by Gasteiger charge is 2.02. The molecule has 24 heavy (non-hydrogen) atoms. The van der Waals surface area contributed by atoms with E-state index in [9.17, 15) is 4.79 Å². The Balaban J connectivity index is 1.76. The van der Waals surface area contributed by atoms with E-state index in [2.05, 4.69) is 24.5 Å². The Morgan fingerprint density at radius 1 is 1.08 bits per heavy atom. The van der Waals surface area contributed by atoms with Crippen molar-refractivity contribution in [2.45, 2.75) is 20.5 Å². The molecule has 2 aromatic carbocycles. The maximum atomic E-state index is 11.7. The third-order valence-corrected chi connectivity index (χ3v) is 3.59. The predicted molar refractivity (Wildman–Crippen MR) is 98.6 cm³/mol. The molecule has 0 aliphatic heterocycles. The Morgan fingerprint density at radius 3 is 2.38 bits per heavy atom. The molecule has 5 heteroatoms. The lowest BCUT2D eigenvalue weighted by Gasteiger charge is -2.10. The van der Waals surface area contributed by atoms with Gasteiger partial charge in [-0.2, -0.15) is 0 Å². The van der Waals surface area contributed by atoms with Gasteiger partial charge in [-0.05, 0) is 47.9 Å². The average molecular weight is 347 g/mol. The molecule has 2 rings (SSSR count). The molecule has 0 aromatic heterocycles. The maximum Gasteiger partial charge on any atom is 0.239 e. The van der Waals surface area contributed by atoms with Crippen LogP contribution in [0.2, 0.25) is 5.02 Å². The molecule has 0 aliphatic rings. The van der Waals surface area contributed by atoms with E-state index in [-0.39, 0.29) is 12.5 Å². The van der Waals surface area contributed by atoms with Gasteiger partial charge >= 0.3 is 0 Å². The topological polar surface area (TPSA) is 50.4 Å². The molecule has 2 N–H and O–H groups in total. The van der Waals surface area contributed by atoms with Crippen LogP contribution < -0.4 is 15.4 Å². The van der Waals surface area contributed by atoms with Crippen LogP contribution in [0, 0.1) is 5.92 Å². The highest BCUT2D eigenvalue weighted by Crippen LogP contribution is 2.17. The van der Waals surface area contributed by atoms with Crippen LogP contribution in [0.3, 0.4) is 0 Å². The molecule has 2 aromatic rings. The van der Waals surface area contributed by atoms with Crippen molar-refractivity contribution in [2.24, 2.45) is 5.92 Å². The van der Waals surface area contributed by atoms with Gasteiger partial charge in [0.05, 0.1) is 6.54 Å². The number of anilines is 1. The minimum Gasteiger partial charge on any atom is -0.489 e. The maximum absolute atomic E-state index is 11.7. The molecule has 0 saturated heterocycles. The van der Waals surface area contributed by atoms with Gasteiger partial charge in [-0.3, -0.25) is 4.79 Å². The SMILES string of the molecule is CC(C)CNC(=O)CNc1ccc(OCc2ccc(Cl)cc2)cc1. The number of halogens is 1. The highest BCUT2D eigenvalue weighted by molar-refractivity contribution is 6.30. The Bertz CT molecular complexity index is 639. The largest absolute Gasteiger partial charge is 0.489 e. The van der Waals surface area contributed by atoms with Crippen molar-refractivity contribution in [1.29, 1.82) is 0 Å². The number of hydrogen-bond acceptors (Lipinski definition) is 3. The quantitative estimate of drug-likeness (QED) is 0.756. The van der Waals surface area contributed by atoms with Crippen LogP contribution in [0.1, 0.15) is 19.4 Å². The lowest BCUT2D eigenvalue weighted by Crippen LogP contribution is -2.32. The molecule has 0 unspecified atom stereocenters. The number of nitrogens with one attached hydrogen (secondary N) is 2. The number of amides is 1. The van der Waals surface area contributed by atoms with Gasteiger partial charge in [-0.1, -0.05) is 37.6 Å². The van der Waals surface area contributed by atoms with Gasteiger partial charge in [0.2, 0.25) is 5.91 Å². The predicted octanol–water partition coefficient (Wildman–Crippen LogP) is 4.10. The van der Waals surface area contributed by atoms with Crippen LogP contribution in [0.5, 0.6) is 5.75 Å². The summed E-state index contributed by atoms with van der Waals surface area (Å²) >= 11 is 5.86. The van der Waals surface area contributed by atoms with Crippen molar-refractivity contribution < 1.29 is 9.53 Å². The zero-order valence-corrected chi connectivity index (χ0v) is 14.8. The molecular weight excluding hydrogens is 324 g/mol. The van der Waals surface area contributed by atoms with Gasteiger partial charge in [0.1, 0.15) is 12.4 Å². The van der Waals surface area contributed by atoms with E-state index in [0.717, 1.165) is 17.0 Å². The van der Waals surface area contributed by atoms with Crippen molar-refractivity contribution in [2.75, 3.05) is 18.4 Å². The van der Waals surface area contributed by atoms with Crippen LogP contribution in [0.15, 0.2) is 48.5 Å². The van der Waals surface area contributed by atoms with Crippen LogP contribution >= 0.6 is 11.6 Å². The van der Waals surface area contributed by atoms with Crippen molar-refractivity contribution in [3.63, 3.8) is 0 Å². The lowest BCUT2D eigenvalue weighted by molar-refractivity contribution is -0.119. The van der Waals surface area contributed by atoms with Crippen molar-refractivity contribution >= 4 is 23.2 Å². The summed E-state index contributed by atoms with van der Waals surface area (Å²) in [5, 5.41) is 6.68. The van der Waals surface area contributed by atoms with Crippen LogP contribution in [0.4, 0.5) is 5.69 Å². The second kappa shape index (κ2) is 9.18. The molecule has 0 atom stereocenters. The van der Waals surface area contributed by atoms with Gasteiger partial charge in [0.25, 0.3) is 0 Å². The van der Waals surface area contributed by atoms with Crippen molar-refractivity contribution in [3.8, 4) is 5.75 Å². The summed E-state index contributed by atoms with van der Waals surface area (Å²) in [4.78, 5) is 11.7. The van der Waals surface area contributed by atoms with Gasteiger partial charge in [-0.25, -0.2) is 0 Å². The second-order valence-electron chi connectivity index (χ2n) is 5.99. The van der Waals surface area contributed by atoms with Gasteiger partial charge in [0.15, 0.2) is 0 Å². The first-order chi connectivity index (χ1) is 11.5. The fourth-order valence-electron chi connectivity index (χ4n) is 1.98. The molecule has 0 radical (unpaired) electrons. The molecule has 4 nitrogen and oxygen atoms in total. The standard InChI is InChI=1S/C19H23ClN2O2/c1-14(2)11-22-19(23)12-21-17-7-9-18(10-8-17)24-13-15-3-5-16(20)6-4-15/h3-10,14,21H,11-13H2,1-2H3,(H,22,23). The fraction of sp³-hybridized carbons (Fsp3) is 0.316. The molecule has 0 aliphatic carbocycles. The van der Waals surface area contributed by atoms with E-state index in [0.29, 0.717) is 24.1 Å². The molecule has 0 saturated carbocycles. The van der Waals surface area contributed by atoms with Gasteiger partial charge in [0, 0.05) is 17.3 Å². The van der Waals surface area contributed by atoms with E-state index in [1.54, 1.807) is 0 Å². The highest BCUT2D eigenvalue weighted by atomic mass is 35.5. The molecule has 0 bridgehead atoms. The normalized spacial score (nSPS) is 10.5. The zero-order valence-electron chi connectivity index (χ0n) is 14.0. The van der Waals surface area contributed by atoms with E-state index >= 15 is 0 Å². The number of ether oxygens (including phenoxy) is 1. The summed E-state index contributed by atoms with van der Waals surface area (Å²) in [6, 6.07) is 15.1. The molecule has 1 amide bonds. The minimum absolute atomic E-state index is 0.00763. The van der Waals surface area contributed by atoms with E-state index in [1.807, 2.05) is 48.5 Å². The summed E-state index contributed by atoms with van der Waals surface area (Å²) in [5.74, 6) is 1.22. The van der Waals surface area contributed by atoms with Crippen molar-refractivity contribution in [1.82, 2.24) is 5.32 Å². The van der Waals surface area contributed by atoms with E-state index < -0.39 is 0 Å². The van der Waals surface area contributed by atoms with Gasteiger partial charge < -0.3 is 15.4 Å². The Hall–Kier alpha value is -2.20. The Morgan fingerprint density at radius 2 is 1.75 bits per heavy atom. The van der Waals surface area contributed by atoms with Crippen LogP contribution in [0.25, 0.3) is 0 Å². The second-order valence-corrected chi connectivity index (χ2v) is 6.43. The smallest absolute Gasteiger partial charge is 0.239 e. The number of carbonyl (C=O) groups is 1. The third kappa shape index (κ3) is 6.50. The third-order valence-electron chi connectivity index (χ3n) is 3.33. The summed E-state index contributed by atoms with van der Waals surface area (Å²) in [7, 11) is 0. The van der Waals surface area contributed by atoms with E-state index in [1.165, 1.54) is 0 Å². The minimum atomic E-state index is -0.00763. The zero-order chi connectivity index (χ0) is 17.4. The van der Waals surface area contributed by atoms with E-state index in [4.69, 9.17) is 16.3 Å². The lowest BCUT2D eigenvalue weighted by atomic mass is 10.2. The fourth-order valence-corrected chi connectivity index (χ4v) is 2.11. The first-order valence-electron chi connectivity index (χ1n) is 8.01.